The highest BCUT2D eigenvalue weighted by molar-refractivity contribution is 5.61. The number of rotatable bonds is 6. The average molecular weight is 253 g/mol. The minimum atomic E-state index is 0.616. The molecule has 0 aromatic heterocycles. The topological polar surface area (TPSA) is 12.0 Å². The average Bonchev–Trinajstić information content (AvgIpc) is 2.49. The number of nitrogens with one attached hydrogen (secondary N) is 1. The summed E-state index contributed by atoms with van der Waals surface area (Å²) < 4.78 is 0. The van der Waals surface area contributed by atoms with Gasteiger partial charge in [-0.25, -0.2) is 0 Å². The van der Waals surface area contributed by atoms with Crippen LogP contribution in [0.2, 0.25) is 0 Å². The van der Waals surface area contributed by atoms with Crippen LogP contribution < -0.4 is 5.32 Å². The highest BCUT2D eigenvalue weighted by atomic mass is 14.9. The summed E-state index contributed by atoms with van der Waals surface area (Å²) in [6, 6.07) is 10.3. The zero-order valence-corrected chi connectivity index (χ0v) is 11.7. The number of benzene rings is 1. The van der Waals surface area contributed by atoms with E-state index in [1.807, 2.05) is 18.2 Å². The van der Waals surface area contributed by atoms with Crippen LogP contribution in [-0.4, -0.2) is 6.54 Å². The largest absolute Gasteiger partial charge is 0.384 e. The first-order chi connectivity index (χ1) is 9.31. The fourth-order valence-electron chi connectivity index (χ4n) is 2.49. The number of hydrogen-bond donors (Lipinski definition) is 1. The first-order valence-corrected chi connectivity index (χ1v) is 7.15. The second-order valence-corrected chi connectivity index (χ2v) is 5.04. The van der Waals surface area contributed by atoms with Crippen LogP contribution in [0.25, 0.3) is 5.70 Å². The molecule has 1 aromatic carbocycles. The zero-order valence-electron chi connectivity index (χ0n) is 11.7. The predicted octanol–water partition coefficient (Wildman–Crippen LogP) is 4.55. The maximum atomic E-state index is 4.13. The molecular weight excluding hydrogens is 230 g/mol. The Balaban J connectivity index is 1.91. The Morgan fingerprint density at radius 1 is 1.32 bits per heavy atom. The van der Waals surface area contributed by atoms with Crippen molar-refractivity contribution < 1.29 is 0 Å². The van der Waals surface area contributed by atoms with E-state index in [0.29, 0.717) is 5.92 Å². The molecule has 100 valence electrons. The molecule has 0 bridgehead atoms. The van der Waals surface area contributed by atoms with E-state index in [4.69, 9.17) is 0 Å². The summed E-state index contributed by atoms with van der Waals surface area (Å²) >= 11 is 0. The van der Waals surface area contributed by atoms with Gasteiger partial charge in [-0.05, 0) is 30.7 Å². The number of allylic oxidation sites excluding steroid dienone is 3. The molecule has 19 heavy (non-hydrogen) atoms. The second kappa shape index (κ2) is 6.98. The van der Waals surface area contributed by atoms with Crippen LogP contribution in [0.1, 0.15) is 31.7 Å². The van der Waals surface area contributed by atoms with Gasteiger partial charge in [0, 0.05) is 12.2 Å². The molecular formula is C18H23N. The Kier molecular flexibility index (Phi) is 5.02. The van der Waals surface area contributed by atoms with Crippen LogP contribution in [0.3, 0.4) is 0 Å². The smallest absolute Gasteiger partial charge is 0.0340 e. The fourth-order valence-corrected chi connectivity index (χ4v) is 2.49. The molecule has 1 atom stereocenters. The summed E-state index contributed by atoms with van der Waals surface area (Å²) in [6.07, 6.45) is 10.3. The zero-order chi connectivity index (χ0) is 13.5. The van der Waals surface area contributed by atoms with Gasteiger partial charge in [-0.3, -0.25) is 0 Å². The fraction of sp³-hybridized carbons (Fsp3) is 0.333. The molecule has 0 aliphatic heterocycles. The molecule has 1 aliphatic carbocycles. The lowest BCUT2D eigenvalue weighted by Gasteiger charge is -2.22. The van der Waals surface area contributed by atoms with Crippen molar-refractivity contribution >= 4 is 5.70 Å². The molecule has 0 fully saturated rings. The van der Waals surface area contributed by atoms with E-state index in [1.165, 1.54) is 24.8 Å². The van der Waals surface area contributed by atoms with Gasteiger partial charge in [0.15, 0.2) is 0 Å². The first-order valence-electron chi connectivity index (χ1n) is 7.15. The maximum Gasteiger partial charge on any atom is 0.0340 e. The molecule has 0 saturated carbocycles. The predicted molar refractivity (Wildman–Crippen MR) is 83.7 cm³/mol. The third-order valence-electron chi connectivity index (χ3n) is 3.75. The van der Waals surface area contributed by atoms with E-state index in [2.05, 4.69) is 49.2 Å². The first kappa shape index (κ1) is 13.7. The van der Waals surface area contributed by atoms with Gasteiger partial charge in [0.05, 0.1) is 0 Å². The van der Waals surface area contributed by atoms with Crippen molar-refractivity contribution in [2.45, 2.75) is 26.2 Å². The Bertz CT molecular complexity index is 468. The minimum Gasteiger partial charge on any atom is -0.384 e. The van der Waals surface area contributed by atoms with E-state index >= 15 is 0 Å². The molecule has 1 heteroatoms. The summed E-state index contributed by atoms with van der Waals surface area (Å²) in [5.41, 5.74) is 3.76. The number of hydrogen-bond acceptors (Lipinski definition) is 1. The van der Waals surface area contributed by atoms with Gasteiger partial charge in [0.2, 0.25) is 0 Å². The molecule has 2 rings (SSSR count). The van der Waals surface area contributed by atoms with Gasteiger partial charge in [-0.2, -0.15) is 0 Å². The van der Waals surface area contributed by atoms with E-state index in [1.54, 1.807) is 5.57 Å². The molecule has 1 unspecified atom stereocenters. The van der Waals surface area contributed by atoms with Crippen LogP contribution in [-0.2, 0) is 0 Å². The van der Waals surface area contributed by atoms with Gasteiger partial charge in [-0.15, -0.1) is 0 Å². The van der Waals surface area contributed by atoms with Crippen molar-refractivity contribution in [2.24, 2.45) is 5.92 Å². The molecule has 1 N–H and O–H groups in total. The van der Waals surface area contributed by atoms with Gasteiger partial charge in [0.1, 0.15) is 0 Å². The van der Waals surface area contributed by atoms with Crippen molar-refractivity contribution in [1.29, 1.82) is 0 Å². The Morgan fingerprint density at radius 2 is 2.11 bits per heavy atom. The van der Waals surface area contributed by atoms with Crippen LogP contribution in [0.4, 0.5) is 0 Å². The summed E-state index contributed by atoms with van der Waals surface area (Å²) in [5, 5.41) is 3.49. The van der Waals surface area contributed by atoms with Crippen LogP contribution in [0.5, 0.6) is 0 Å². The lowest BCUT2D eigenvalue weighted by molar-refractivity contribution is 0.548. The van der Waals surface area contributed by atoms with Gasteiger partial charge < -0.3 is 5.32 Å². The van der Waals surface area contributed by atoms with Gasteiger partial charge >= 0.3 is 0 Å². The van der Waals surface area contributed by atoms with E-state index in [-0.39, 0.29) is 0 Å². The van der Waals surface area contributed by atoms with Crippen molar-refractivity contribution in [3.05, 3.63) is 66.3 Å². The highest BCUT2D eigenvalue weighted by Gasteiger charge is 2.13. The standard InChI is InChI=1S/C18H23N/c1-3-16(18-12-8-5-9-13-18)14-19-15(2)17-10-6-4-7-11-17/h4-8,10-12,16,19H,2-3,9,13-14H2,1H3. The molecule has 0 radical (unpaired) electrons. The second-order valence-electron chi connectivity index (χ2n) is 5.04. The van der Waals surface area contributed by atoms with Crippen LogP contribution >= 0.6 is 0 Å². The summed E-state index contributed by atoms with van der Waals surface area (Å²) in [7, 11) is 0. The van der Waals surface area contributed by atoms with E-state index in [0.717, 1.165) is 12.2 Å². The van der Waals surface area contributed by atoms with Crippen molar-refractivity contribution in [2.75, 3.05) is 6.54 Å². The Hall–Kier alpha value is -1.76. The monoisotopic (exact) mass is 253 g/mol. The lowest BCUT2D eigenvalue weighted by Crippen LogP contribution is -2.22. The summed E-state index contributed by atoms with van der Waals surface area (Å²) in [4.78, 5) is 0. The quantitative estimate of drug-likeness (QED) is 0.784. The van der Waals surface area contributed by atoms with Crippen molar-refractivity contribution in [3.8, 4) is 0 Å². The van der Waals surface area contributed by atoms with Crippen LogP contribution in [0.15, 0.2) is 60.7 Å². The highest BCUT2D eigenvalue weighted by Crippen LogP contribution is 2.23. The summed E-state index contributed by atoms with van der Waals surface area (Å²) in [6.45, 7) is 7.37. The lowest BCUT2D eigenvalue weighted by atomic mass is 9.90. The molecule has 1 aromatic rings. The molecule has 0 spiro atoms. The van der Waals surface area contributed by atoms with E-state index < -0.39 is 0 Å². The molecule has 1 nitrogen and oxygen atoms in total. The SMILES string of the molecule is C=C(NCC(CC)C1=CC=CCC1)c1ccccc1. The molecule has 0 saturated heterocycles. The van der Waals surface area contributed by atoms with Crippen molar-refractivity contribution in [1.82, 2.24) is 5.32 Å². The normalized spacial score (nSPS) is 15.7. The molecule has 0 heterocycles. The third-order valence-corrected chi connectivity index (χ3v) is 3.75. The van der Waals surface area contributed by atoms with Gasteiger partial charge in [0.25, 0.3) is 0 Å². The minimum absolute atomic E-state index is 0.616. The molecule has 1 aliphatic rings. The Labute approximate surface area is 116 Å². The van der Waals surface area contributed by atoms with Crippen molar-refractivity contribution in [3.63, 3.8) is 0 Å². The summed E-state index contributed by atoms with van der Waals surface area (Å²) in [5.74, 6) is 0.616. The Morgan fingerprint density at radius 3 is 2.74 bits per heavy atom. The maximum absolute atomic E-state index is 4.13. The molecule has 0 amide bonds. The van der Waals surface area contributed by atoms with Crippen LogP contribution in [0, 0.1) is 5.92 Å². The van der Waals surface area contributed by atoms with E-state index in [9.17, 15) is 0 Å². The third kappa shape index (κ3) is 3.85. The van der Waals surface area contributed by atoms with Gasteiger partial charge in [-0.1, -0.05) is 67.6 Å².